The lowest BCUT2D eigenvalue weighted by molar-refractivity contribution is 0.464. The van der Waals surface area contributed by atoms with Crippen molar-refractivity contribution in [2.45, 2.75) is 37.0 Å². The van der Waals surface area contributed by atoms with Crippen molar-refractivity contribution in [1.82, 2.24) is 0 Å². The highest BCUT2D eigenvalue weighted by Crippen LogP contribution is 2.33. The number of nitrogens with two attached hydrogens (primary N) is 1. The molecular formula is C12H17ClFNO2S. The summed E-state index contributed by atoms with van der Waals surface area (Å²) >= 11 is 6.07. The number of benzene rings is 1. The number of hydrogen-bond acceptors (Lipinski definition) is 2. The van der Waals surface area contributed by atoms with E-state index in [0.29, 0.717) is 5.56 Å². The minimum atomic E-state index is -3.88. The highest BCUT2D eigenvalue weighted by Gasteiger charge is 2.25. The van der Waals surface area contributed by atoms with E-state index in [0.717, 1.165) is 6.07 Å². The van der Waals surface area contributed by atoms with Crippen molar-refractivity contribution in [3.05, 3.63) is 29.6 Å². The Hall–Kier alpha value is -0.650. The number of halogens is 2. The molecule has 0 radical (unpaired) electrons. The SMILES string of the molecule is CC(C)C(c1ccc(S(N)(=O)=O)cc1F)C(C)Cl. The molecule has 0 saturated carbocycles. The molecule has 6 heteroatoms. The molecule has 3 nitrogen and oxygen atoms in total. The molecule has 18 heavy (non-hydrogen) atoms. The molecule has 0 spiro atoms. The predicted octanol–water partition coefficient (Wildman–Crippen LogP) is 2.84. The van der Waals surface area contributed by atoms with Gasteiger partial charge in [-0.15, -0.1) is 11.6 Å². The summed E-state index contributed by atoms with van der Waals surface area (Å²) in [4.78, 5) is -0.228. The first-order valence-electron chi connectivity index (χ1n) is 5.61. The molecule has 0 aliphatic carbocycles. The molecule has 2 atom stereocenters. The molecule has 2 unspecified atom stereocenters. The molecule has 1 aromatic rings. The fraction of sp³-hybridized carbons (Fsp3) is 0.500. The molecule has 1 rings (SSSR count). The smallest absolute Gasteiger partial charge is 0.225 e. The summed E-state index contributed by atoms with van der Waals surface area (Å²) in [5.74, 6) is -0.624. The topological polar surface area (TPSA) is 60.2 Å². The van der Waals surface area contributed by atoms with Gasteiger partial charge in [-0.25, -0.2) is 17.9 Å². The fourth-order valence-electron chi connectivity index (χ4n) is 2.09. The molecule has 1 aromatic carbocycles. The standard InChI is InChI=1S/C12H17ClFNO2S/c1-7(2)12(8(3)13)10-5-4-9(6-11(10)14)18(15,16)17/h4-8,12H,1-3H3,(H2,15,16,17). The van der Waals surface area contributed by atoms with Crippen LogP contribution in [-0.4, -0.2) is 13.8 Å². The summed E-state index contributed by atoms with van der Waals surface area (Å²) in [6.07, 6.45) is 0. The zero-order valence-corrected chi connectivity index (χ0v) is 12.1. The molecule has 0 aliphatic rings. The Balaban J connectivity index is 3.28. The second kappa shape index (κ2) is 5.55. The summed E-state index contributed by atoms with van der Waals surface area (Å²) in [5, 5.41) is 4.70. The van der Waals surface area contributed by atoms with Crippen LogP contribution in [-0.2, 0) is 10.0 Å². The number of alkyl halides is 1. The van der Waals surface area contributed by atoms with Crippen LogP contribution in [0.1, 0.15) is 32.3 Å². The Labute approximate surface area is 112 Å². The van der Waals surface area contributed by atoms with Crippen LogP contribution in [0.4, 0.5) is 4.39 Å². The molecule has 0 heterocycles. The van der Waals surface area contributed by atoms with E-state index in [-0.39, 0.29) is 22.1 Å². The van der Waals surface area contributed by atoms with Gasteiger partial charge in [-0.2, -0.15) is 0 Å². The Bertz CT molecular complexity index is 521. The van der Waals surface area contributed by atoms with E-state index in [1.165, 1.54) is 12.1 Å². The van der Waals surface area contributed by atoms with Crippen molar-refractivity contribution in [2.24, 2.45) is 11.1 Å². The van der Waals surface area contributed by atoms with Crippen molar-refractivity contribution in [3.8, 4) is 0 Å². The minimum absolute atomic E-state index is 0.146. The molecule has 102 valence electrons. The Morgan fingerprint density at radius 2 is 1.83 bits per heavy atom. The van der Waals surface area contributed by atoms with E-state index in [1.54, 1.807) is 6.92 Å². The van der Waals surface area contributed by atoms with Gasteiger partial charge in [-0.05, 0) is 30.5 Å². The number of sulfonamides is 1. The fourth-order valence-corrected chi connectivity index (χ4v) is 3.04. The van der Waals surface area contributed by atoms with Crippen LogP contribution in [0.5, 0.6) is 0 Å². The van der Waals surface area contributed by atoms with E-state index in [2.05, 4.69) is 0 Å². The average Bonchev–Trinajstić information content (AvgIpc) is 2.18. The molecule has 0 amide bonds. The van der Waals surface area contributed by atoms with Gasteiger partial charge in [-0.3, -0.25) is 0 Å². The van der Waals surface area contributed by atoms with Crippen molar-refractivity contribution in [3.63, 3.8) is 0 Å². The Morgan fingerprint density at radius 3 is 2.17 bits per heavy atom. The highest BCUT2D eigenvalue weighted by molar-refractivity contribution is 7.89. The number of primary sulfonamides is 1. The van der Waals surface area contributed by atoms with Gasteiger partial charge >= 0.3 is 0 Å². The van der Waals surface area contributed by atoms with Gasteiger partial charge in [0.1, 0.15) is 5.82 Å². The van der Waals surface area contributed by atoms with Gasteiger partial charge < -0.3 is 0 Å². The predicted molar refractivity (Wildman–Crippen MR) is 70.7 cm³/mol. The van der Waals surface area contributed by atoms with Gasteiger partial charge in [0.05, 0.1) is 4.90 Å². The lowest BCUT2D eigenvalue weighted by Crippen LogP contribution is -2.18. The van der Waals surface area contributed by atoms with E-state index < -0.39 is 15.8 Å². The Morgan fingerprint density at radius 1 is 1.28 bits per heavy atom. The van der Waals surface area contributed by atoms with E-state index >= 15 is 0 Å². The Kier molecular flexibility index (Phi) is 4.75. The summed E-state index contributed by atoms with van der Waals surface area (Å²) in [6, 6.07) is 3.69. The molecule has 0 saturated heterocycles. The molecule has 0 aliphatic heterocycles. The normalized spacial score (nSPS) is 15.7. The summed E-state index contributed by atoms with van der Waals surface area (Å²) in [5.41, 5.74) is 0.417. The first-order chi connectivity index (χ1) is 8.14. The second-order valence-corrected chi connectivity index (χ2v) is 6.93. The average molecular weight is 294 g/mol. The third-order valence-electron chi connectivity index (χ3n) is 2.87. The van der Waals surface area contributed by atoms with Gasteiger partial charge in [0.25, 0.3) is 0 Å². The van der Waals surface area contributed by atoms with Gasteiger partial charge in [-0.1, -0.05) is 19.9 Å². The van der Waals surface area contributed by atoms with Crippen molar-refractivity contribution < 1.29 is 12.8 Å². The van der Waals surface area contributed by atoms with Crippen LogP contribution in [0.15, 0.2) is 23.1 Å². The van der Waals surface area contributed by atoms with E-state index in [4.69, 9.17) is 16.7 Å². The molecular weight excluding hydrogens is 277 g/mol. The first kappa shape index (κ1) is 15.4. The maximum atomic E-state index is 14.0. The van der Waals surface area contributed by atoms with Crippen molar-refractivity contribution >= 4 is 21.6 Å². The van der Waals surface area contributed by atoms with Crippen LogP contribution >= 0.6 is 11.6 Å². The quantitative estimate of drug-likeness (QED) is 0.868. The molecule has 0 aromatic heterocycles. The van der Waals surface area contributed by atoms with Crippen LogP contribution in [0, 0.1) is 11.7 Å². The highest BCUT2D eigenvalue weighted by atomic mass is 35.5. The minimum Gasteiger partial charge on any atom is -0.225 e. The zero-order chi connectivity index (χ0) is 14.1. The molecule has 0 fully saturated rings. The van der Waals surface area contributed by atoms with Gasteiger partial charge in [0, 0.05) is 11.3 Å². The monoisotopic (exact) mass is 293 g/mol. The number of rotatable bonds is 4. The van der Waals surface area contributed by atoms with Crippen LogP contribution < -0.4 is 5.14 Å². The largest absolute Gasteiger partial charge is 0.238 e. The van der Waals surface area contributed by atoms with Crippen LogP contribution in [0.25, 0.3) is 0 Å². The van der Waals surface area contributed by atoms with E-state index in [1.807, 2.05) is 13.8 Å². The lowest BCUT2D eigenvalue weighted by atomic mass is 9.86. The lowest BCUT2D eigenvalue weighted by Gasteiger charge is -2.24. The molecule has 2 N–H and O–H groups in total. The maximum absolute atomic E-state index is 14.0. The third-order valence-corrected chi connectivity index (χ3v) is 4.06. The van der Waals surface area contributed by atoms with Crippen molar-refractivity contribution in [2.75, 3.05) is 0 Å². The summed E-state index contributed by atoms with van der Waals surface area (Å²) in [7, 11) is -3.88. The second-order valence-electron chi connectivity index (χ2n) is 4.68. The molecule has 0 bridgehead atoms. The van der Waals surface area contributed by atoms with Crippen molar-refractivity contribution in [1.29, 1.82) is 0 Å². The van der Waals surface area contributed by atoms with Crippen LogP contribution in [0.3, 0.4) is 0 Å². The maximum Gasteiger partial charge on any atom is 0.238 e. The first-order valence-corrected chi connectivity index (χ1v) is 7.59. The van der Waals surface area contributed by atoms with Gasteiger partial charge in [0.2, 0.25) is 10.0 Å². The van der Waals surface area contributed by atoms with E-state index in [9.17, 15) is 12.8 Å². The number of hydrogen-bond donors (Lipinski definition) is 1. The zero-order valence-electron chi connectivity index (χ0n) is 10.5. The van der Waals surface area contributed by atoms with Crippen LogP contribution in [0.2, 0.25) is 0 Å². The summed E-state index contributed by atoms with van der Waals surface area (Å²) < 4.78 is 36.2. The third kappa shape index (κ3) is 3.43. The summed E-state index contributed by atoms with van der Waals surface area (Å²) in [6.45, 7) is 5.67. The van der Waals surface area contributed by atoms with Gasteiger partial charge in [0.15, 0.2) is 0 Å².